The van der Waals surface area contributed by atoms with E-state index in [9.17, 15) is 0 Å². The van der Waals surface area contributed by atoms with E-state index >= 15 is 0 Å². The van der Waals surface area contributed by atoms with Gasteiger partial charge < -0.3 is 11.1 Å². The van der Waals surface area contributed by atoms with E-state index in [1.807, 2.05) is 42.5 Å². The monoisotopic (exact) mass is 350 g/mol. The van der Waals surface area contributed by atoms with Crippen LogP contribution in [0.3, 0.4) is 0 Å². The Morgan fingerprint density at radius 1 is 1.00 bits per heavy atom. The van der Waals surface area contributed by atoms with Gasteiger partial charge in [-0.15, -0.1) is 0 Å². The summed E-state index contributed by atoms with van der Waals surface area (Å²) in [5.41, 5.74) is 12.3. The first-order chi connectivity index (χ1) is 13.2. The van der Waals surface area contributed by atoms with E-state index in [2.05, 4.69) is 40.7 Å². The molecular formula is C23H18N4. The zero-order valence-corrected chi connectivity index (χ0v) is 14.6. The number of aromatic nitrogens is 1. The first kappa shape index (κ1) is 16.6. The minimum absolute atomic E-state index is 0.0498. The maximum atomic E-state index is 9.11. The summed E-state index contributed by atoms with van der Waals surface area (Å²) in [6.45, 7) is 0. The molecule has 1 unspecified atom stereocenters. The van der Waals surface area contributed by atoms with Crippen LogP contribution in [0.15, 0.2) is 85.1 Å². The molecule has 1 aromatic heterocycles. The van der Waals surface area contributed by atoms with Crippen molar-refractivity contribution in [1.82, 2.24) is 10.3 Å². The van der Waals surface area contributed by atoms with Crippen molar-refractivity contribution in [3.05, 3.63) is 102 Å². The van der Waals surface area contributed by atoms with Crippen molar-refractivity contribution in [2.24, 2.45) is 0 Å². The maximum Gasteiger partial charge on any atom is 0.0991 e. The van der Waals surface area contributed by atoms with Crippen molar-refractivity contribution in [2.45, 2.75) is 6.04 Å². The third kappa shape index (κ3) is 3.44. The molecule has 4 nitrogen and oxygen atoms in total. The van der Waals surface area contributed by atoms with Crippen LogP contribution >= 0.6 is 0 Å². The molecule has 1 atom stereocenters. The van der Waals surface area contributed by atoms with Crippen molar-refractivity contribution in [3.8, 4) is 17.2 Å². The molecule has 1 aliphatic heterocycles. The number of nitrogen functional groups attached to an aromatic ring is 1. The van der Waals surface area contributed by atoms with Crippen LogP contribution in [0.1, 0.15) is 22.9 Å². The van der Waals surface area contributed by atoms with Gasteiger partial charge in [0.1, 0.15) is 0 Å². The van der Waals surface area contributed by atoms with Crippen molar-refractivity contribution < 1.29 is 0 Å². The van der Waals surface area contributed by atoms with Crippen molar-refractivity contribution in [1.29, 1.82) is 5.26 Å². The van der Waals surface area contributed by atoms with Crippen molar-refractivity contribution in [3.63, 3.8) is 0 Å². The van der Waals surface area contributed by atoms with Crippen LogP contribution in [0.25, 0.3) is 16.8 Å². The molecule has 3 aromatic rings. The van der Waals surface area contributed by atoms with Gasteiger partial charge >= 0.3 is 0 Å². The Kier molecular flexibility index (Phi) is 4.42. The lowest BCUT2D eigenvalue weighted by atomic mass is 9.98. The summed E-state index contributed by atoms with van der Waals surface area (Å²) in [6.07, 6.45) is 8.00. The molecular weight excluding hydrogens is 332 g/mol. The molecule has 1 aliphatic rings. The Morgan fingerprint density at radius 2 is 1.81 bits per heavy atom. The highest BCUT2D eigenvalue weighted by Crippen LogP contribution is 2.29. The van der Waals surface area contributed by atoms with Crippen LogP contribution < -0.4 is 11.1 Å². The second kappa shape index (κ2) is 7.19. The van der Waals surface area contributed by atoms with E-state index in [0.29, 0.717) is 11.3 Å². The minimum atomic E-state index is 0.0498. The molecule has 0 bridgehead atoms. The average molecular weight is 350 g/mol. The van der Waals surface area contributed by atoms with Crippen molar-refractivity contribution >= 4 is 11.4 Å². The molecule has 27 heavy (non-hydrogen) atoms. The topological polar surface area (TPSA) is 74.7 Å². The summed E-state index contributed by atoms with van der Waals surface area (Å²) in [5, 5.41) is 12.6. The first-order valence-corrected chi connectivity index (χ1v) is 8.71. The van der Waals surface area contributed by atoms with Crippen LogP contribution in [0.2, 0.25) is 0 Å². The number of nitriles is 1. The molecule has 2 heterocycles. The summed E-state index contributed by atoms with van der Waals surface area (Å²) in [5.74, 6) is 0. The molecule has 2 aromatic carbocycles. The van der Waals surface area contributed by atoms with E-state index in [-0.39, 0.29) is 6.04 Å². The van der Waals surface area contributed by atoms with E-state index < -0.39 is 0 Å². The lowest BCUT2D eigenvalue weighted by Crippen LogP contribution is -2.21. The summed E-state index contributed by atoms with van der Waals surface area (Å²) in [4.78, 5) is 4.43. The molecule has 0 spiro atoms. The molecule has 130 valence electrons. The molecule has 0 fully saturated rings. The Hall–Kier alpha value is -3.84. The Bertz CT molecular complexity index is 1060. The molecule has 4 heteroatoms. The highest BCUT2D eigenvalue weighted by atomic mass is 15.0. The van der Waals surface area contributed by atoms with E-state index in [1.54, 1.807) is 18.3 Å². The molecule has 0 saturated carbocycles. The van der Waals surface area contributed by atoms with Crippen LogP contribution in [-0.2, 0) is 0 Å². The van der Waals surface area contributed by atoms with E-state index in [1.165, 1.54) is 0 Å². The number of nitrogens with two attached hydrogens (primary N) is 1. The number of dihydropyridines is 1. The average Bonchev–Trinajstić information content (AvgIpc) is 2.75. The Morgan fingerprint density at radius 3 is 2.56 bits per heavy atom. The van der Waals surface area contributed by atoms with Gasteiger partial charge in [0.15, 0.2) is 0 Å². The van der Waals surface area contributed by atoms with Gasteiger partial charge in [0.2, 0.25) is 0 Å². The number of benzene rings is 2. The quantitative estimate of drug-likeness (QED) is 0.685. The zero-order valence-electron chi connectivity index (χ0n) is 14.6. The number of nitrogens with one attached hydrogen (secondary N) is 1. The highest BCUT2D eigenvalue weighted by molar-refractivity contribution is 5.79. The molecule has 3 N–H and O–H groups in total. The van der Waals surface area contributed by atoms with Crippen molar-refractivity contribution in [2.75, 3.05) is 5.73 Å². The molecule has 0 amide bonds. The van der Waals surface area contributed by atoms with Crippen LogP contribution in [-0.4, -0.2) is 4.98 Å². The molecule has 4 rings (SSSR count). The number of allylic oxidation sites excluding steroid dienone is 2. The lowest BCUT2D eigenvalue weighted by Gasteiger charge is -2.21. The fourth-order valence-corrected chi connectivity index (χ4v) is 3.14. The minimum Gasteiger partial charge on any atom is -0.398 e. The van der Waals surface area contributed by atoms with Crippen LogP contribution in [0, 0.1) is 11.3 Å². The highest BCUT2D eigenvalue weighted by Gasteiger charge is 2.14. The van der Waals surface area contributed by atoms with Gasteiger partial charge in [-0.1, -0.05) is 42.5 Å². The second-order valence-electron chi connectivity index (χ2n) is 6.33. The van der Waals surface area contributed by atoms with Gasteiger partial charge in [0, 0.05) is 23.1 Å². The fourth-order valence-electron chi connectivity index (χ4n) is 3.14. The van der Waals surface area contributed by atoms with Gasteiger partial charge in [-0.2, -0.15) is 5.26 Å². The number of hydrogen-bond acceptors (Lipinski definition) is 4. The molecule has 0 radical (unpaired) electrons. The summed E-state index contributed by atoms with van der Waals surface area (Å²) >= 11 is 0. The smallest absolute Gasteiger partial charge is 0.0991 e. The summed E-state index contributed by atoms with van der Waals surface area (Å²) < 4.78 is 0. The number of pyridine rings is 1. The molecule has 0 aliphatic carbocycles. The first-order valence-electron chi connectivity index (χ1n) is 8.71. The number of anilines is 1. The van der Waals surface area contributed by atoms with Gasteiger partial charge in [-0.3, -0.25) is 4.98 Å². The summed E-state index contributed by atoms with van der Waals surface area (Å²) in [6, 6.07) is 21.6. The normalized spacial score (nSPS) is 15.5. The predicted molar refractivity (Wildman–Crippen MR) is 108 cm³/mol. The van der Waals surface area contributed by atoms with Crippen LogP contribution in [0.5, 0.6) is 0 Å². The van der Waals surface area contributed by atoms with Gasteiger partial charge in [-0.25, -0.2) is 0 Å². The molecule has 0 saturated heterocycles. The number of nitrogens with zero attached hydrogens (tertiary/aromatic N) is 2. The lowest BCUT2D eigenvalue weighted by molar-refractivity contribution is 0.736. The van der Waals surface area contributed by atoms with E-state index in [0.717, 1.165) is 28.1 Å². The third-order valence-electron chi connectivity index (χ3n) is 4.57. The number of rotatable bonds is 3. The SMILES string of the molecule is N#Cc1ccc(N)c(-c2ccc(C3=CC=CC(c4ccccn4)N3)cc2)c1. The van der Waals surface area contributed by atoms with Gasteiger partial charge in [-0.05, 0) is 47.5 Å². The van der Waals surface area contributed by atoms with Crippen LogP contribution in [0.4, 0.5) is 5.69 Å². The Labute approximate surface area is 158 Å². The fraction of sp³-hybridized carbons (Fsp3) is 0.0435. The zero-order chi connectivity index (χ0) is 18.6. The largest absolute Gasteiger partial charge is 0.398 e. The Balaban J connectivity index is 1.59. The maximum absolute atomic E-state index is 9.11. The number of hydrogen-bond donors (Lipinski definition) is 2. The standard InChI is InChI=1S/C23H18N4/c24-15-16-7-12-20(25)19(14-16)17-8-10-18(11-9-17)21-5-3-6-23(27-21)22-4-1-2-13-26-22/h1-14,23,27H,25H2. The predicted octanol–water partition coefficient (Wildman–Crippen LogP) is 4.44. The third-order valence-corrected chi connectivity index (χ3v) is 4.57. The summed E-state index contributed by atoms with van der Waals surface area (Å²) in [7, 11) is 0. The van der Waals surface area contributed by atoms with E-state index in [4.69, 9.17) is 11.0 Å². The van der Waals surface area contributed by atoms with Gasteiger partial charge in [0.05, 0.1) is 23.4 Å². The second-order valence-corrected chi connectivity index (χ2v) is 6.33. The van der Waals surface area contributed by atoms with Gasteiger partial charge in [0.25, 0.3) is 0 Å².